The molecule has 0 atom stereocenters. The number of benzene rings is 1. The zero-order chi connectivity index (χ0) is 19.0. The van der Waals surface area contributed by atoms with Crippen molar-refractivity contribution in [2.75, 3.05) is 26.2 Å². The maximum absolute atomic E-state index is 10.4. The number of quaternary nitrogens is 1. The Hall–Kier alpha value is -1.02. The Kier molecular flexibility index (Phi) is 14.6. The Bertz CT molecular complexity index is 341. The molecule has 1 aromatic rings. The fourth-order valence-electron chi connectivity index (χ4n) is 3.18. The van der Waals surface area contributed by atoms with Crippen LogP contribution in [-0.2, 0) is 0 Å². The Morgan fingerprint density at radius 3 is 1.20 bits per heavy atom. The summed E-state index contributed by atoms with van der Waals surface area (Å²) in [4.78, 5) is 0. The Balaban J connectivity index is 0.000000593. The van der Waals surface area contributed by atoms with E-state index in [4.69, 9.17) is 0 Å². The molecule has 25 heavy (non-hydrogen) atoms. The van der Waals surface area contributed by atoms with Gasteiger partial charge in [-0.2, -0.15) is 0 Å². The molecule has 0 heterocycles. The molecule has 0 fully saturated rings. The first-order valence-electron chi connectivity index (χ1n) is 10.6. The second-order valence-electron chi connectivity index (χ2n) is 7.46. The molecule has 1 rings (SSSR count). The van der Waals surface area contributed by atoms with Crippen molar-refractivity contribution in [1.82, 2.24) is 0 Å². The molecule has 0 spiro atoms. The monoisotopic (exact) mass is 349 g/mol. The van der Waals surface area contributed by atoms with Crippen LogP contribution in [0.5, 0.6) is 5.75 Å². The third-order valence-corrected chi connectivity index (χ3v) is 4.97. The number of hydrogen-bond donors (Lipinski definition) is 0. The Labute approximate surface area is 157 Å². The summed E-state index contributed by atoms with van der Waals surface area (Å²) in [6.07, 6.45) is 11.1. The molecule has 0 radical (unpaired) electrons. The van der Waals surface area contributed by atoms with E-state index in [9.17, 15) is 5.11 Å². The Morgan fingerprint density at radius 1 is 0.640 bits per heavy atom. The van der Waals surface area contributed by atoms with Gasteiger partial charge in [0.1, 0.15) is 0 Å². The van der Waals surface area contributed by atoms with Crippen molar-refractivity contribution in [3.8, 4) is 5.75 Å². The van der Waals surface area contributed by atoms with Gasteiger partial charge in [-0.05, 0) is 32.6 Å². The van der Waals surface area contributed by atoms with Crippen LogP contribution >= 0.6 is 0 Å². The minimum absolute atomic E-state index is 0.0793. The van der Waals surface area contributed by atoms with Crippen LogP contribution in [0.25, 0.3) is 0 Å². The molecule has 0 aliphatic rings. The average molecular weight is 350 g/mol. The van der Waals surface area contributed by atoms with Gasteiger partial charge in [0.25, 0.3) is 0 Å². The van der Waals surface area contributed by atoms with Crippen molar-refractivity contribution in [2.24, 2.45) is 0 Å². The maximum Gasteiger partial charge on any atom is 0.0786 e. The van der Waals surface area contributed by atoms with Gasteiger partial charge in [0.05, 0.1) is 26.2 Å². The lowest BCUT2D eigenvalue weighted by Crippen LogP contribution is -2.50. The van der Waals surface area contributed by atoms with E-state index >= 15 is 0 Å². The summed E-state index contributed by atoms with van der Waals surface area (Å²) in [5.74, 6) is 0.0793. The molecule has 0 aromatic heterocycles. The van der Waals surface area contributed by atoms with Gasteiger partial charge in [0.2, 0.25) is 0 Å². The number of hydrogen-bond acceptors (Lipinski definition) is 1. The zero-order valence-electron chi connectivity index (χ0n) is 17.7. The van der Waals surface area contributed by atoms with E-state index in [1.165, 1.54) is 82.0 Å². The van der Waals surface area contributed by atoms with Gasteiger partial charge in [-0.1, -0.05) is 83.2 Å². The highest BCUT2D eigenvalue weighted by atomic mass is 16.3. The minimum Gasteiger partial charge on any atom is -0.872 e. The predicted octanol–water partition coefficient (Wildman–Crippen LogP) is 6.07. The van der Waals surface area contributed by atoms with Gasteiger partial charge in [-0.15, -0.1) is 5.75 Å². The summed E-state index contributed by atoms with van der Waals surface area (Å²) in [6.45, 7) is 17.0. The highest BCUT2D eigenvalue weighted by Crippen LogP contribution is 2.16. The van der Waals surface area contributed by atoms with Crippen molar-refractivity contribution in [3.05, 3.63) is 29.8 Å². The first kappa shape index (κ1) is 24.0. The second kappa shape index (κ2) is 15.3. The molecular formula is C23H43NO. The summed E-state index contributed by atoms with van der Waals surface area (Å²) < 4.78 is 1.42. The lowest BCUT2D eigenvalue weighted by atomic mass is 10.1. The van der Waals surface area contributed by atoms with Crippen LogP contribution in [0.3, 0.4) is 0 Å². The van der Waals surface area contributed by atoms with E-state index < -0.39 is 0 Å². The van der Waals surface area contributed by atoms with E-state index in [1.807, 2.05) is 19.1 Å². The van der Waals surface area contributed by atoms with Gasteiger partial charge in [-0.3, -0.25) is 0 Å². The van der Waals surface area contributed by atoms with Crippen molar-refractivity contribution >= 4 is 0 Å². The van der Waals surface area contributed by atoms with Gasteiger partial charge in [-0.25, -0.2) is 0 Å². The van der Waals surface area contributed by atoms with Crippen LogP contribution in [0.2, 0.25) is 0 Å². The van der Waals surface area contributed by atoms with Crippen LogP contribution in [0.1, 0.15) is 84.6 Å². The normalized spacial score (nSPS) is 11.1. The third kappa shape index (κ3) is 12.0. The van der Waals surface area contributed by atoms with E-state index in [0.29, 0.717) is 0 Å². The lowest BCUT2D eigenvalue weighted by molar-refractivity contribution is -0.929. The first-order valence-corrected chi connectivity index (χ1v) is 10.6. The molecule has 0 N–H and O–H groups in total. The second-order valence-corrected chi connectivity index (χ2v) is 7.46. The van der Waals surface area contributed by atoms with Gasteiger partial charge >= 0.3 is 0 Å². The van der Waals surface area contributed by atoms with Crippen LogP contribution in [0.4, 0.5) is 0 Å². The summed E-state index contributed by atoms with van der Waals surface area (Å²) in [7, 11) is 0. The molecule has 0 amide bonds. The third-order valence-electron chi connectivity index (χ3n) is 4.97. The molecule has 0 aliphatic heterocycles. The fraction of sp³-hybridized carbons (Fsp3) is 0.739. The summed E-state index contributed by atoms with van der Waals surface area (Å²) in [5.41, 5.74) is 1.13. The topological polar surface area (TPSA) is 23.1 Å². The molecular weight excluding hydrogens is 306 g/mol. The van der Waals surface area contributed by atoms with Crippen molar-refractivity contribution in [1.29, 1.82) is 0 Å². The fourth-order valence-corrected chi connectivity index (χ4v) is 3.18. The van der Waals surface area contributed by atoms with E-state index in [1.54, 1.807) is 12.1 Å². The molecule has 2 heteroatoms. The SMILES string of the molecule is CCCC[N+](CCCC)(CCCC)CCCC.Cc1ccc([O-])cc1. The van der Waals surface area contributed by atoms with Crippen molar-refractivity contribution in [2.45, 2.75) is 86.0 Å². The smallest absolute Gasteiger partial charge is 0.0786 e. The van der Waals surface area contributed by atoms with Crippen LogP contribution in [0.15, 0.2) is 24.3 Å². The molecule has 1 aromatic carbocycles. The van der Waals surface area contributed by atoms with E-state index in [2.05, 4.69) is 27.7 Å². The zero-order valence-corrected chi connectivity index (χ0v) is 17.7. The lowest BCUT2D eigenvalue weighted by Gasteiger charge is -2.39. The van der Waals surface area contributed by atoms with E-state index in [-0.39, 0.29) is 5.75 Å². The predicted molar refractivity (Wildman–Crippen MR) is 110 cm³/mol. The Morgan fingerprint density at radius 2 is 0.960 bits per heavy atom. The number of rotatable bonds is 12. The quantitative estimate of drug-likeness (QED) is 0.420. The minimum atomic E-state index is 0.0793. The summed E-state index contributed by atoms with van der Waals surface area (Å²) in [5, 5.41) is 10.4. The van der Waals surface area contributed by atoms with Gasteiger partial charge in [0, 0.05) is 0 Å². The van der Waals surface area contributed by atoms with Crippen LogP contribution < -0.4 is 5.11 Å². The largest absolute Gasteiger partial charge is 0.872 e. The molecule has 2 nitrogen and oxygen atoms in total. The highest BCUT2D eigenvalue weighted by Gasteiger charge is 2.24. The van der Waals surface area contributed by atoms with Crippen molar-refractivity contribution in [3.63, 3.8) is 0 Å². The molecule has 0 aliphatic carbocycles. The molecule has 0 saturated heterocycles. The van der Waals surface area contributed by atoms with Crippen molar-refractivity contribution < 1.29 is 9.59 Å². The van der Waals surface area contributed by atoms with Crippen LogP contribution in [-0.4, -0.2) is 30.7 Å². The number of unbranched alkanes of at least 4 members (excludes halogenated alkanes) is 4. The summed E-state index contributed by atoms with van der Waals surface area (Å²) >= 11 is 0. The molecule has 0 unspecified atom stereocenters. The van der Waals surface area contributed by atoms with Gasteiger partial charge in [0.15, 0.2) is 0 Å². The highest BCUT2D eigenvalue weighted by molar-refractivity contribution is 5.23. The maximum atomic E-state index is 10.4. The summed E-state index contributed by atoms with van der Waals surface area (Å²) in [6, 6.07) is 6.75. The number of nitrogens with zero attached hydrogens (tertiary/aromatic N) is 1. The standard InChI is InChI=1S/C16H36N.C7H8O/c1-5-9-13-17(14-10-6-2,15-11-7-3)16-12-8-4;1-6-2-4-7(8)5-3-6/h5-16H2,1-4H3;2-5,8H,1H3/q+1;/p-1. The van der Waals surface area contributed by atoms with E-state index in [0.717, 1.165) is 5.56 Å². The average Bonchev–Trinajstić information content (AvgIpc) is 2.63. The molecule has 146 valence electrons. The number of aryl methyl sites for hydroxylation is 1. The van der Waals surface area contributed by atoms with Gasteiger partial charge < -0.3 is 9.59 Å². The molecule has 0 bridgehead atoms. The van der Waals surface area contributed by atoms with Crippen LogP contribution in [0, 0.1) is 6.92 Å². The first-order chi connectivity index (χ1) is 12.0. The molecule has 0 saturated carbocycles.